The highest BCUT2D eigenvalue weighted by atomic mass is 32.1. The number of ether oxygens (including phenoxy) is 2. The van der Waals surface area contributed by atoms with Crippen LogP contribution in [0.5, 0.6) is 5.75 Å². The minimum Gasteiger partial charge on any atom is -0.491 e. The molecule has 2 rings (SSSR count). The van der Waals surface area contributed by atoms with Crippen LogP contribution in [-0.2, 0) is 4.74 Å². The van der Waals surface area contributed by atoms with Gasteiger partial charge in [0.25, 0.3) is 5.91 Å². The molecule has 0 fully saturated rings. The molecule has 7 heteroatoms. The van der Waals surface area contributed by atoms with Crippen LogP contribution in [0, 0.1) is 0 Å². The van der Waals surface area contributed by atoms with Gasteiger partial charge >= 0.3 is 0 Å². The van der Waals surface area contributed by atoms with Gasteiger partial charge in [-0.2, -0.15) is 0 Å². The normalized spacial score (nSPS) is 10.2. The van der Waals surface area contributed by atoms with Crippen molar-refractivity contribution >= 4 is 23.1 Å². The lowest BCUT2D eigenvalue weighted by Gasteiger charge is -2.07. The molecule has 0 unspecified atom stereocenters. The van der Waals surface area contributed by atoms with Gasteiger partial charge in [-0.1, -0.05) is 4.49 Å². The van der Waals surface area contributed by atoms with Crippen molar-refractivity contribution in [1.82, 2.24) is 9.59 Å². The molecule has 100 valence electrons. The number of nitrogens with zero attached hydrogens (tertiary/aromatic N) is 2. The van der Waals surface area contributed by atoms with E-state index in [0.717, 1.165) is 17.3 Å². The first-order valence-electron chi connectivity index (χ1n) is 5.60. The number of hydrogen-bond acceptors (Lipinski definition) is 6. The fourth-order valence-corrected chi connectivity index (χ4v) is 1.75. The van der Waals surface area contributed by atoms with Crippen LogP contribution in [0.25, 0.3) is 0 Å². The van der Waals surface area contributed by atoms with Crippen molar-refractivity contribution in [1.29, 1.82) is 0 Å². The van der Waals surface area contributed by atoms with Crippen LogP contribution in [0.2, 0.25) is 0 Å². The molecule has 0 atom stereocenters. The standard InChI is InChI=1S/C12H13N3O3S/c1-17-6-7-18-10-4-2-9(3-5-10)14-12(16)11-8-13-15-19-11/h2-5,8H,6-7H2,1H3,(H,14,16). The van der Waals surface area contributed by atoms with Crippen molar-refractivity contribution in [2.75, 3.05) is 25.6 Å². The lowest BCUT2D eigenvalue weighted by Crippen LogP contribution is -2.10. The van der Waals surface area contributed by atoms with Crippen LogP contribution in [0.3, 0.4) is 0 Å². The molecule has 0 aliphatic carbocycles. The smallest absolute Gasteiger partial charge is 0.269 e. The van der Waals surface area contributed by atoms with Gasteiger partial charge in [-0.05, 0) is 35.8 Å². The Hall–Kier alpha value is -1.99. The average Bonchev–Trinajstić information content (AvgIpc) is 2.95. The summed E-state index contributed by atoms with van der Waals surface area (Å²) in [5, 5.41) is 6.37. The third-order valence-electron chi connectivity index (χ3n) is 2.25. The average molecular weight is 279 g/mol. The third kappa shape index (κ3) is 4.01. The molecule has 1 amide bonds. The molecule has 19 heavy (non-hydrogen) atoms. The van der Waals surface area contributed by atoms with E-state index in [0.29, 0.717) is 23.8 Å². The lowest BCUT2D eigenvalue weighted by atomic mass is 10.3. The minimum atomic E-state index is -0.219. The summed E-state index contributed by atoms with van der Waals surface area (Å²) in [5.41, 5.74) is 0.692. The van der Waals surface area contributed by atoms with E-state index in [1.807, 2.05) is 0 Å². The van der Waals surface area contributed by atoms with E-state index in [4.69, 9.17) is 9.47 Å². The fraction of sp³-hybridized carbons (Fsp3) is 0.250. The van der Waals surface area contributed by atoms with Crippen LogP contribution in [0.1, 0.15) is 9.67 Å². The highest BCUT2D eigenvalue weighted by Gasteiger charge is 2.08. The van der Waals surface area contributed by atoms with Gasteiger partial charge in [-0.15, -0.1) is 5.10 Å². The van der Waals surface area contributed by atoms with E-state index >= 15 is 0 Å². The largest absolute Gasteiger partial charge is 0.491 e. The van der Waals surface area contributed by atoms with Gasteiger partial charge in [0.1, 0.15) is 17.2 Å². The molecule has 1 heterocycles. The first-order chi connectivity index (χ1) is 9.29. The van der Waals surface area contributed by atoms with E-state index in [1.165, 1.54) is 6.20 Å². The molecule has 1 N–H and O–H groups in total. The fourth-order valence-electron chi connectivity index (χ4n) is 1.34. The molecule has 0 saturated carbocycles. The maximum Gasteiger partial charge on any atom is 0.269 e. The summed E-state index contributed by atoms with van der Waals surface area (Å²) in [4.78, 5) is 12.2. The molecule has 0 bridgehead atoms. The molecule has 0 aliphatic rings. The SMILES string of the molecule is COCCOc1ccc(NC(=O)c2cnns2)cc1. The Morgan fingerprint density at radius 1 is 1.32 bits per heavy atom. The topological polar surface area (TPSA) is 73.3 Å². The lowest BCUT2D eigenvalue weighted by molar-refractivity contribution is 0.103. The number of carbonyl (C=O) groups excluding carboxylic acids is 1. The number of methoxy groups -OCH3 is 1. The second kappa shape index (κ2) is 6.81. The van der Waals surface area contributed by atoms with Gasteiger partial charge in [-0.3, -0.25) is 4.79 Å². The Morgan fingerprint density at radius 3 is 2.74 bits per heavy atom. The summed E-state index contributed by atoms with van der Waals surface area (Å²) in [5.74, 6) is 0.512. The highest BCUT2D eigenvalue weighted by Crippen LogP contribution is 2.16. The van der Waals surface area contributed by atoms with E-state index in [1.54, 1.807) is 31.4 Å². The predicted octanol–water partition coefficient (Wildman–Crippen LogP) is 1.82. The number of hydrogen-bond donors (Lipinski definition) is 1. The van der Waals surface area contributed by atoms with Crippen LogP contribution in [-0.4, -0.2) is 35.8 Å². The zero-order chi connectivity index (χ0) is 13.5. The summed E-state index contributed by atoms with van der Waals surface area (Å²) >= 11 is 1.06. The molecule has 0 saturated heterocycles. The van der Waals surface area contributed by atoms with Crippen LogP contribution in [0.15, 0.2) is 30.5 Å². The maximum atomic E-state index is 11.7. The molecule has 0 spiro atoms. The van der Waals surface area contributed by atoms with Crippen molar-refractivity contribution in [2.24, 2.45) is 0 Å². The van der Waals surface area contributed by atoms with Gasteiger partial charge in [0, 0.05) is 12.8 Å². The number of rotatable bonds is 6. The number of carbonyl (C=O) groups is 1. The summed E-state index contributed by atoms with van der Waals surface area (Å²) in [6, 6.07) is 7.12. The van der Waals surface area contributed by atoms with E-state index in [2.05, 4.69) is 14.9 Å². The summed E-state index contributed by atoms with van der Waals surface area (Å²) in [6.07, 6.45) is 1.43. The number of nitrogens with one attached hydrogen (secondary N) is 1. The molecule has 2 aromatic rings. The zero-order valence-corrected chi connectivity index (χ0v) is 11.1. The number of benzene rings is 1. The molecule has 6 nitrogen and oxygen atoms in total. The Morgan fingerprint density at radius 2 is 2.11 bits per heavy atom. The minimum absolute atomic E-state index is 0.219. The first-order valence-corrected chi connectivity index (χ1v) is 6.37. The number of anilines is 1. The van der Waals surface area contributed by atoms with Crippen LogP contribution >= 0.6 is 11.5 Å². The molecule has 0 radical (unpaired) electrons. The van der Waals surface area contributed by atoms with Gasteiger partial charge in [0.05, 0.1) is 12.8 Å². The Bertz CT molecular complexity index is 514. The summed E-state index contributed by atoms with van der Waals surface area (Å²) in [7, 11) is 1.62. The van der Waals surface area contributed by atoms with E-state index in [9.17, 15) is 4.79 Å². The second-order valence-electron chi connectivity index (χ2n) is 3.60. The van der Waals surface area contributed by atoms with Crippen molar-refractivity contribution in [3.8, 4) is 5.75 Å². The van der Waals surface area contributed by atoms with Crippen molar-refractivity contribution in [3.05, 3.63) is 35.3 Å². The zero-order valence-electron chi connectivity index (χ0n) is 10.3. The van der Waals surface area contributed by atoms with Gasteiger partial charge < -0.3 is 14.8 Å². The Balaban J connectivity index is 1.90. The first kappa shape index (κ1) is 13.4. The molecule has 1 aromatic carbocycles. The number of amides is 1. The predicted molar refractivity (Wildman–Crippen MR) is 71.7 cm³/mol. The van der Waals surface area contributed by atoms with Gasteiger partial charge in [0.2, 0.25) is 0 Å². The highest BCUT2D eigenvalue weighted by molar-refractivity contribution is 7.07. The number of aromatic nitrogens is 2. The van der Waals surface area contributed by atoms with Crippen LogP contribution in [0.4, 0.5) is 5.69 Å². The third-order valence-corrected chi connectivity index (χ3v) is 2.92. The second-order valence-corrected chi connectivity index (χ2v) is 4.39. The monoisotopic (exact) mass is 279 g/mol. The van der Waals surface area contributed by atoms with Crippen molar-refractivity contribution in [3.63, 3.8) is 0 Å². The van der Waals surface area contributed by atoms with E-state index < -0.39 is 0 Å². The van der Waals surface area contributed by atoms with Crippen molar-refractivity contribution in [2.45, 2.75) is 0 Å². The van der Waals surface area contributed by atoms with Crippen molar-refractivity contribution < 1.29 is 14.3 Å². The van der Waals surface area contributed by atoms with E-state index in [-0.39, 0.29) is 5.91 Å². The Kier molecular flexibility index (Phi) is 4.82. The van der Waals surface area contributed by atoms with Crippen LogP contribution < -0.4 is 10.1 Å². The molecular weight excluding hydrogens is 266 g/mol. The quantitative estimate of drug-likeness (QED) is 0.816. The molecule has 1 aromatic heterocycles. The summed E-state index contributed by atoms with van der Waals surface area (Å²) in [6.45, 7) is 1.03. The Labute approximate surface area is 114 Å². The summed E-state index contributed by atoms with van der Waals surface area (Å²) < 4.78 is 14.0. The molecular formula is C12H13N3O3S. The molecule has 0 aliphatic heterocycles. The van der Waals surface area contributed by atoms with Gasteiger partial charge in [0.15, 0.2) is 0 Å². The van der Waals surface area contributed by atoms with Gasteiger partial charge in [-0.25, -0.2) is 0 Å². The maximum absolute atomic E-state index is 11.7.